The predicted octanol–water partition coefficient (Wildman–Crippen LogP) is -0.336. The molecular weight excluding hydrogens is 228 g/mol. The van der Waals surface area contributed by atoms with Crippen molar-refractivity contribution in [2.45, 2.75) is 25.2 Å². The van der Waals surface area contributed by atoms with Gasteiger partial charge in [0.2, 0.25) is 10.0 Å². The fourth-order valence-electron chi connectivity index (χ4n) is 1.52. The van der Waals surface area contributed by atoms with Crippen molar-refractivity contribution in [3.63, 3.8) is 0 Å². The summed E-state index contributed by atoms with van der Waals surface area (Å²) in [5.41, 5.74) is 6.46. The van der Waals surface area contributed by atoms with Gasteiger partial charge in [0, 0.05) is 13.6 Å². The van der Waals surface area contributed by atoms with Gasteiger partial charge in [-0.2, -0.15) is 5.10 Å². The van der Waals surface area contributed by atoms with Gasteiger partial charge in [-0.3, -0.25) is 4.68 Å². The molecule has 0 spiro atoms. The maximum Gasteiger partial charge on any atom is 0.244 e. The maximum absolute atomic E-state index is 12.0. The summed E-state index contributed by atoms with van der Waals surface area (Å²) in [5.74, 6) is 0. The third-order valence-electron chi connectivity index (χ3n) is 2.38. The van der Waals surface area contributed by atoms with Crippen LogP contribution in [0.3, 0.4) is 0 Å². The first kappa shape index (κ1) is 13.1. The van der Waals surface area contributed by atoms with Crippen LogP contribution in [0.25, 0.3) is 0 Å². The molecule has 0 saturated heterocycles. The topological polar surface area (TPSA) is 90.0 Å². The minimum atomic E-state index is -3.46. The number of nitrogens with zero attached hydrogens (tertiary/aromatic N) is 2. The van der Waals surface area contributed by atoms with Gasteiger partial charge in [-0.1, -0.05) is 0 Å². The molecule has 16 heavy (non-hydrogen) atoms. The van der Waals surface area contributed by atoms with Gasteiger partial charge in [-0.15, -0.1) is 0 Å². The fourth-order valence-corrected chi connectivity index (χ4v) is 3.03. The molecule has 0 fully saturated rings. The average molecular weight is 246 g/mol. The van der Waals surface area contributed by atoms with E-state index in [9.17, 15) is 8.42 Å². The molecule has 7 heteroatoms. The number of nitrogens with one attached hydrogen (secondary N) is 1. The molecule has 1 aromatic rings. The molecule has 1 rings (SSSR count). The third kappa shape index (κ3) is 2.60. The molecule has 6 nitrogen and oxygen atoms in total. The highest BCUT2D eigenvalue weighted by Gasteiger charge is 2.22. The van der Waals surface area contributed by atoms with Gasteiger partial charge in [0.25, 0.3) is 0 Å². The Labute approximate surface area is 95.9 Å². The predicted molar refractivity (Wildman–Crippen MR) is 61.5 cm³/mol. The van der Waals surface area contributed by atoms with Gasteiger partial charge >= 0.3 is 0 Å². The molecule has 0 atom stereocenters. The van der Waals surface area contributed by atoms with Crippen LogP contribution in [0.1, 0.15) is 17.8 Å². The molecule has 0 amide bonds. The standard InChI is InChI=1S/C9H18N4O2S/c1-7-9(8(2)13(3)12-7)16(14,15)11-6-4-5-10/h11H,4-6,10H2,1-3H3. The van der Waals surface area contributed by atoms with E-state index >= 15 is 0 Å². The highest BCUT2D eigenvalue weighted by atomic mass is 32.2. The monoisotopic (exact) mass is 246 g/mol. The second-order valence-corrected chi connectivity index (χ2v) is 5.37. The lowest BCUT2D eigenvalue weighted by molar-refractivity contribution is 0.578. The number of aryl methyl sites for hydroxylation is 2. The summed E-state index contributed by atoms with van der Waals surface area (Å²) in [7, 11) is -1.74. The van der Waals surface area contributed by atoms with Crippen LogP contribution in [0.4, 0.5) is 0 Å². The molecule has 1 aromatic heterocycles. The largest absolute Gasteiger partial charge is 0.330 e. The fraction of sp³-hybridized carbons (Fsp3) is 0.667. The van der Waals surface area contributed by atoms with Crippen molar-refractivity contribution in [2.75, 3.05) is 13.1 Å². The van der Waals surface area contributed by atoms with E-state index < -0.39 is 10.0 Å². The Balaban J connectivity index is 2.98. The molecule has 0 unspecified atom stereocenters. The third-order valence-corrected chi connectivity index (χ3v) is 4.10. The molecule has 92 valence electrons. The van der Waals surface area contributed by atoms with Crippen molar-refractivity contribution < 1.29 is 8.42 Å². The zero-order valence-electron chi connectivity index (χ0n) is 9.82. The second kappa shape index (κ2) is 4.94. The quantitative estimate of drug-likeness (QED) is 0.696. The maximum atomic E-state index is 12.0. The molecule has 0 aromatic carbocycles. The summed E-state index contributed by atoms with van der Waals surface area (Å²) < 4.78 is 28.0. The lowest BCUT2D eigenvalue weighted by Gasteiger charge is -2.06. The van der Waals surface area contributed by atoms with E-state index in [2.05, 4.69) is 9.82 Å². The van der Waals surface area contributed by atoms with E-state index in [1.165, 1.54) is 0 Å². The molecule has 0 aliphatic heterocycles. The minimum absolute atomic E-state index is 0.270. The van der Waals surface area contributed by atoms with Crippen LogP contribution in [0.15, 0.2) is 4.90 Å². The Morgan fingerprint density at radius 2 is 2.06 bits per heavy atom. The zero-order chi connectivity index (χ0) is 12.3. The van der Waals surface area contributed by atoms with Crippen molar-refractivity contribution in [1.29, 1.82) is 0 Å². The molecule has 0 aliphatic carbocycles. The second-order valence-electron chi connectivity index (χ2n) is 3.66. The molecule has 0 radical (unpaired) electrons. The summed E-state index contributed by atoms with van der Waals surface area (Å²) in [4.78, 5) is 0.270. The van der Waals surface area contributed by atoms with Crippen molar-refractivity contribution in [2.24, 2.45) is 12.8 Å². The van der Waals surface area contributed by atoms with Crippen LogP contribution in [-0.2, 0) is 17.1 Å². The van der Waals surface area contributed by atoms with Crippen molar-refractivity contribution >= 4 is 10.0 Å². The first-order chi connectivity index (χ1) is 7.40. The number of rotatable bonds is 5. The minimum Gasteiger partial charge on any atom is -0.330 e. The van der Waals surface area contributed by atoms with Gasteiger partial charge in [-0.25, -0.2) is 13.1 Å². The highest BCUT2D eigenvalue weighted by Crippen LogP contribution is 2.17. The summed E-state index contributed by atoms with van der Waals surface area (Å²) in [5, 5.41) is 4.08. The lowest BCUT2D eigenvalue weighted by atomic mass is 10.4. The van der Waals surface area contributed by atoms with Gasteiger partial charge in [-0.05, 0) is 26.8 Å². The van der Waals surface area contributed by atoms with Gasteiger partial charge in [0.1, 0.15) is 4.90 Å². The van der Waals surface area contributed by atoms with Crippen molar-refractivity contribution in [3.05, 3.63) is 11.4 Å². The van der Waals surface area contributed by atoms with E-state index in [0.29, 0.717) is 30.9 Å². The van der Waals surface area contributed by atoms with Crippen LogP contribution in [0, 0.1) is 13.8 Å². The molecular formula is C9H18N4O2S. The van der Waals surface area contributed by atoms with Gasteiger partial charge in [0.05, 0.1) is 11.4 Å². The smallest absolute Gasteiger partial charge is 0.244 e. The van der Waals surface area contributed by atoms with Gasteiger partial charge in [0.15, 0.2) is 0 Å². The molecule has 0 bridgehead atoms. The Morgan fingerprint density at radius 1 is 1.44 bits per heavy atom. The first-order valence-electron chi connectivity index (χ1n) is 5.10. The first-order valence-corrected chi connectivity index (χ1v) is 6.58. The number of sulfonamides is 1. The van der Waals surface area contributed by atoms with Gasteiger partial charge < -0.3 is 5.73 Å². The summed E-state index contributed by atoms with van der Waals surface area (Å²) in [6, 6.07) is 0. The SMILES string of the molecule is Cc1nn(C)c(C)c1S(=O)(=O)NCCCN. The Morgan fingerprint density at radius 3 is 2.50 bits per heavy atom. The molecule has 0 saturated carbocycles. The van der Waals surface area contributed by atoms with Crippen LogP contribution in [-0.4, -0.2) is 31.3 Å². The lowest BCUT2D eigenvalue weighted by Crippen LogP contribution is -2.27. The number of aromatic nitrogens is 2. The normalized spacial score (nSPS) is 12.0. The van der Waals surface area contributed by atoms with E-state index in [1.54, 1.807) is 25.6 Å². The highest BCUT2D eigenvalue weighted by molar-refractivity contribution is 7.89. The van der Waals surface area contributed by atoms with E-state index in [1.807, 2.05) is 0 Å². The van der Waals surface area contributed by atoms with Crippen LogP contribution < -0.4 is 10.5 Å². The van der Waals surface area contributed by atoms with E-state index in [0.717, 1.165) is 0 Å². The number of nitrogens with two attached hydrogens (primary N) is 1. The Bertz CT molecular complexity index is 464. The number of hydrogen-bond donors (Lipinski definition) is 2. The van der Waals surface area contributed by atoms with Crippen molar-refractivity contribution in [3.8, 4) is 0 Å². The van der Waals surface area contributed by atoms with Crippen LogP contribution in [0.2, 0.25) is 0 Å². The van der Waals surface area contributed by atoms with Crippen molar-refractivity contribution in [1.82, 2.24) is 14.5 Å². The molecule has 3 N–H and O–H groups in total. The van der Waals surface area contributed by atoms with Crippen LogP contribution >= 0.6 is 0 Å². The Kier molecular flexibility index (Phi) is 4.06. The van der Waals surface area contributed by atoms with E-state index in [-0.39, 0.29) is 4.90 Å². The molecule has 1 heterocycles. The summed E-state index contributed by atoms with van der Waals surface area (Å²) >= 11 is 0. The van der Waals surface area contributed by atoms with E-state index in [4.69, 9.17) is 5.73 Å². The summed E-state index contributed by atoms with van der Waals surface area (Å²) in [6.45, 7) is 4.24. The zero-order valence-corrected chi connectivity index (χ0v) is 10.6. The van der Waals surface area contributed by atoms with Crippen LogP contribution in [0.5, 0.6) is 0 Å². The molecule has 0 aliphatic rings. The Hall–Kier alpha value is -0.920. The average Bonchev–Trinajstić information content (AvgIpc) is 2.41. The number of hydrogen-bond acceptors (Lipinski definition) is 4. The summed E-state index contributed by atoms with van der Waals surface area (Å²) in [6.07, 6.45) is 0.623.